The molecule has 0 spiro atoms. The number of carbonyl (C=O) groups is 4. The third-order valence-corrected chi connectivity index (χ3v) is 6.49. The largest absolute Gasteiger partial charge is 0.480 e. The van der Waals surface area contributed by atoms with Gasteiger partial charge in [0.15, 0.2) is 0 Å². The molecule has 2 aromatic rings. The van der Waals surface area contributed by atoms with E-state index in [4.69, 9.17) is 0 Å². The van der Waals surface area contributed by atoms with E-state index in [9.17, 15) is 24.3 Å². The number of hydrogen-bond donors (Lipinski definition) is 4. The van der Waals surface area contributed by atoms with Crippen LogP contribution in [0.25, 0.3) is 0 Å². The third-order valence-electron chi connectivity index (χ3n) is 6.49. The average molecular weight is 567 g/mol. The number of hydrogen-bond acceptors (Lipinski definition) is 7. The van der Waals surface area contributed by atoms with Gasteiger partial charge >= 0.3 is 5.97 Å². The lowest BCUT2D eigenvalue weighted by molar-refractivity contribution is -0.143. The molecule has 0 aliphatic rings. The van der Waals surface area contributed by atoms with E-state index in [-0.39, 0.29) is 17.8 Å². The number of benzene rings is 2. The summed E-state index contributed by atoms with van der Waals surface area (Å²) in [5, 5.41) is 25.8. The number of nitrogens with zero attached hydrogens (tertiary/aromatic N) is 3. The molecule has 0 aliphatic carbocycles. The van der Waals surface area contributed by atoms with Crippen LogP contribution in [0.4, 0.5) is 17.1 Å². The molecule has 0 saturated heterocycles. The maximum Gasteiger partial charge on any atom is 0.326 e. The van der Waals surface area contributed by atoms with E-state index in [0.29, 0.717) is 16.9 Å². The summed E-state index contributed by atoms with van der Waals surface area (Å²) in [5.41, 5.74) is 2.63. The molecular formula is C30H42N6O5. The highest BCUT2D eigenvalue weighted by Crippen LogP contribution is 2.22. The fourth-order valence-corrected chi connectivity index (χ4v) is 3.91. The molecule has 0 fully saturated rings. The molecule has 0 radical (unpaired) electrons. The molecule has 11 heteroatoms. The Hall–Kier alpha value is -4.28. The van der Waals surface area contributed by atoms with Crippen LogP contribution in [0.15, 0.2) is 58.8 Å². The van der Waals surface area contributed by atoms with Crippen LogP contribution in [0.2, 0.25) is 0 Å². The highest BCUT2D eigenvalue weighted by molar-refractivity contribution is 5.99. The van der Waals surface area contributed by atoms with Crippen molar-refractivity contribution in [1.29, 1.82) is 0 Å². The Morgan fingerprint density at radius 3 is 1.41 bits per heavy atom. The van der Waals surface area contributed by atoms with Crippen LogP contribution in [-0.2, 0) is 14.4 Å². The first kappa shape index (κ1) is 32.9. The number of nitrogens with one attached hydrogen (secondary N) is 3. The summed E-state index contributed by atoms with van der Waals surface area (Å²) in [7, 11) is 3.91. The van der Waals surface area contributed by atoms with Crippen LogP contribution in [-0.4, -0.2) is 61.0 Å². The van der Waals surface area contributed by atoms with Gasteiger partial charge in [0.1, 0.15) is 18.1 Å². The summed E-state index contributed by atoms with van der Waals surface area (Å²) in [4.78, 5) is 52.6. The fourth-order valence-electron chi connectivity index (χ4n) is 3.91. The number of amides is 3. The number of carboxylic acid groups (broad SMARTS) is 1. The van der Waals surface area contributed by atoms with Crippen molar-refractivity contribution in [3.05, 3.63) is 54.1 Å². The highest BCUT2D eigenvalue weighted by Gasteiger charge is 2.33. The number of carbonyl (C=O) groups excluding carboxylic acids is 3. The molecular weight excluding hydrogens is 524 g/mol. The molecule has 0 unspecified atom stereocenters. The topological polar surface area (TPSA) is 153 Å². The number of anilines is 1. The van der Waals surface area contributed by atoms with Crippen molar-refractivity contribution < 1.29 is 24.3 Å². The van der Waals surface area contributed by atoms with Crippen LogP contribution in [0.5, 0.6) is 0 Å². The Kier molecular flexibility index (Phi) is 12.0. The molecule has 0 heterocycles. The predicted octanol–water partition coefficient (Wildman–Crippen LogP) is 4.29. The van der Waals surface area contributed by atoms with E-state index in [2.05, 4.69) is 26.2 Å². The Balaban J connectivity index is 2.08. The van der Waals surface area contributed by atoms with Gasteiger partial charge in [0.05, 0.1) is 11.4 Å². The first-order chi connectivity index (χ1) is 19.2. The van der Waals surface area contributed by atoms with E-state index < -0.39 is 41.8 Å². The molecule has 41 heavy (non-hydrogen) atoms. The minimum absolute atomic E-state index is 0.288. The number of rotatable bonds is 13. The average Bonchev–Trinajstić information content (AvgIpc) is 2.91. The lowest BCUT2D eigenvalue weighted by atomic mass is 9.98. The monoisotopic (exact) mass is 566 g/mol. The second-order valence-corrected chi connectivity index (χ2v) is 11.2. The van der Waals surface area contributed by atoms with Crippen molar-refractivity contribution in [3.8, 4) is 0 Å². The Morgan fingerprint density at radius 2 is 1.02 bits per heavy atom. The zero-order valence-corrected chi connectivity index (χ0v) is 25.0. The molecule has 3 amide bonds. The van der Waals surface area contributed by atoms with Crippen LogP contribution in [0.1, 0.15) is 51.9 Å². The zero-order valence-electron chi connectivity index (χ0n) is 25.0. The van der Waals surface area contributed by atoms with E-state index in [1.165, 1.54) is 0 Å². The predicted molar refractivity (Wildman–Crippen MR) is 159 cm³/mol. The molecule has 11 nitrogen and oxygen atoms in total. The maximum absolute atomic E-state index is 13.2. The molecule has 222 valence electrons. The zero-order chi connectivity index (χ0) is 30.9. The normalized spacial score (nSPS) is 13.6. The standard InChI is InChI=1S/C30H42N6O5/c1-17(2)24(28(38)32-25(18(3)4)29(39)33-26(19(5)6)30(40)41)31-27(37)20-9-11-21(12-10-20)34-35-22-13-15-23(16-14-22)36(7)8/h9-19,24-26H,1-8H3,(H,31,37)(H,32,38)(H,33,39)(H,40,41)/t24-,25-,26-/m0/s1. The summed E-state index contributed by atoms with van der Waals surface area (Å²) >= 11 is 0. The summed E-state index contributed by atoms with van der Waals surface area (Å²) in [5.74, 6) is -3.70. The van der Waals surface area contributed by atoms with Gasteiger partial charge in [-0.15, -0.1) is 0 Å². The van der Waals surface area contributed by atoms with Crippen molar-refractivity contribution in [2.24, 2.45) is 28.0 Å². The Morgan fingerprint density at radius 1 is 0.634 bits per heavy atom. The molecule has 2 aromatic carbocycles. The van der Waals surface area contributed by atoms with Crippen LogP contribution >= 0.6 is 0 Å². The van der Waals surface area contributed by atoms with Gasteiger partial charge in [-0.05, 0) is 66.3 Å². The van der Waals surface area contributed by atoms with Gasteiger partial charge < -0.3 is 26.0 Å². The van der Waals surface area contributed by atoms with Crippen molar-refractivity contribution >= 4 is 40.8 Å². The van der Waals surface area contributed by atoms with Gasteiger partial charge in [0.2, 0.25) is 11.8 Å². The van der Waals surface area contributed by atoms with Crippen LogP contribution < -0.4 is 20.9 Å². The fraction of sp³-hybridized carbons (Fsp3) is 0.467. The lowest BCUT2D eigenvalue weighted by Gasteiger charge is -2.28. The molecule has 2 rings (SSSR count). The molecule has 4 N–H and O–H groups in total. The molecule has 0 bridgehead atoms. The summed E-state index contributed by atoms with van der Waals surface area (Å²) < 4.78 is 0. The first-order valence-corrected chi connectivity index (χ1v) is 13.6. The molecule has 0 saturated carbocycles. The minimum Gasteiger partial charge on any atom is -0.480 e. The molecule has 0 aliphatic heterocycles. The van der Waals surface area contributed by atoms with E-state index in [1.807, 2.05) is 43.3 Å². The van der Waals surface area contributed by atoms with Crippen molar-refractivity contribution in [1.82, 2.24) is 16.0 Å². The van der Waals surface area contributed by atoms with Crippen LogP contribution in [0.3, 0.4) is 0 Å². The van der Waals surface area contributed by atoms with Gasteiger partial charge in [0, 0.05) is 25.3 Å². The Labute approximate surface area is 241 Å². The highest BCUT2D eigenvalue weighted by atomic mass is 16.4. The smallest absolute Gasteiger partial charge is 0.326 e. The maximum atomic E-state index is 13.2. The van der Waals surface area contributed by atoms with E-state index >= 15 is 0 Å². The van der Waals surface area contributed by atoms with Crippen molar-refractivity contribution in [2.75, 3.05) is 19.0 Å². The van der Waals surface area contributed by atoms with Crippen LogP contribution in [0, 0.1) is 17.8 Å². The van der Waals surface area contributed by atoms with Gasteiger partial charge in [-0.2, -0.15) is 10.2 Å². The number of carboxylic acids is 1. The summed E-state index contributed by atoms with van der Waals surface area (Å²) in [6.45, 7) is 10.4. The van der Waals surface area contributed by atoms with E-state index in [0.717, 1.165) is 5.69 Å². The lowest BCUT2D eigenvalue weighted by Crippen LogP contribution is -2.59. The van der Waals surface area contributed by atoms with Gasteiger partial charge in [0.25, 0.3) is 5.91 Å². The Bertz CT molecular complexity index is 1220. The summed E-state index contributed by atoms with van der Waals surface area (Å²) in [6.07, 6.45) is 0. The SMILES string of the molecule is CC(C)[C@H](NC(=O)[C@@H](NC(=O)[C@@H](NC(=O)c1ccc(N=Nc2ccc(N(C)C)cc2)cc1)C(C)C)C(C)C)C(=O)O. The van der Waals surface area contributed by atoms with Crippen molar-refractivity contribution in [2.45, 2.75) is 59.7 Å². The van der Waals surface area contributed by atoms with Crippen molar-refractivity contribution in [3.63, 3.8) is 0 Å². The molecule has 3 atom stereocenters. The minimum atomic E-state index is -1.15. The van der Waals surface area contributed by atoms with Gasteiger partial charge in [-0.1, -0.05) is 41.5 Å². The second-order valence-electron chi connectivity index (χ2n) is 11.2. The quantitative estimate of drug-likeness (QED) is 0.265. The molecule has 0 aromatic heterocycles. The number of aliphatic carboxylic acids is 1. The number of azo groups is 1. The third kappa shape index (κ3) is 9.70. The first-order valence-electron chi connectivity index (χ1n) is 13.6. The van der Waals surface area contributed by atoms with Gasteiger partial charge in [-0.3, -0.25) is 14.4 Å². The second kappa shape index (κ2) is 14.9. The van der Waals surface area contributed by atoms with Gasteiger partial charge in [-0.25, -0.2) is 4.79 Å². The summed E-state index contributed by atoms with van der Waals surface area (Å²) in [6, 6.07) is 11.1. The van der Waals surface area contributed by atoms with E-state index in [1.54, 1.807) is 65.8 Å².